The zero-order valence-electron chi connectivity index (χ0n) is 7.76. The highest BCUT2D eigenvalue weighted by Gasteiger charge is 2.00. The van der Waals surface area contributed by atoms with Crippen LogP contribution in [0.3, 0.4) is 0 Å². The van der Waals surface area contributed by atoms with Crippen LogP contribution < -0.4 is 5.32 Å². The van der Waals surface area contributed by atoms with Crippen LogP contribution in [-0.2, 0) is 0 Å². The SMILES string of the molecule is OCCCCNc1ccc(Br)cc1F. The van der Waals surface area contributed by atoms with Crippen LogP contribution in [0.1, 0.15) is 12.8 Å². The molecule has 1 rings (SSSR count). The Morgan fingerprint density at radius 3 is 2.79 bits per heavy atom. The topological polar surface area (TPSA) is 32.3 Å². The van der Waals surface area contributed by atoms with Gasteiger partial charge in [-0.15, -0.1) is 0 Å². The second-order valence-corrected chi connectivity index (χ2v) is 3.90. The molecule has 0 fully saturated rings. The fourth-order valence-corrected chi connectivity index (χ4v) is 1.43. The van der Waals surface area contributed by atoms with Gasteiger partial charge in [0.25, 0.3) is 0 Å². The molecule has 1 aromatic rings. The number of aliphatic hydroxyl groups is 1. The Labute approximate surface area is 91.3 Å². The predicted octanol–water partition coefficient (Wildman–Crippen LogP) is 2.77. The van der Waals surface area contributed by atoms with E-state index in [1.807, 2.05) is 0 Å². The fraction of sp³-hybridized carbons (Fsp3) is 0.400. The largest absolute Gasteiger partial charge is 0.396 e. The van der Waals surface area contributed by atoms with Crippen molar-refractivity contribution in [3.8, 4) is 0 Å². The van der Waals surface area contributed by atoms with Crippen molar-refractivity contribution in [1.29, 1.82) is 0 Å². The summed E-state index contributed by atoms with van der Waals surface area (Å²) >= 11 is 3.19. The van der Waals surface area contributed by atoms with Gasteiger partial charge in [-0.05, 0) is 31.0 Å². The highest BCUT2D eigenvalue weighted by molar-refractivity contribution is 9.10. The molecule has 0 atom stereocenters. The molecule has 0 heterocycles. The summed E-state index contributed by atoms with van der Waals surface area (Å²) in [5, 5.41) is 11.5. The van der Waals surface area contributed by atoms with Gasteiger partial charge in [0.15, 0.2) is 0 Å². The molecule has 0 aliphatic carbocycles. The lowest BCUT2D eigenvalue weighted by atomic mass is 10.3. The van der Waals surface area contributed by atoms with Crippen molar-refractivity contribution in [3.63, 3.8) is 0 Å². The van der Waals surface area contributed by atoms with Crippen molar-refractivity contribution in [3.05, 3.63) is 28.5 Å². The number of nitrogens with one attached hydrogen (secondary N) is 1. The van der Waals surface area contributed by atoms with Gasteiger partial charge in [0.2, 0.25) is 0 Å². The van der Waals surface area contributed by atoms with Crippen LogP contribution in [-0.4, -0.2) is 18.3 Å². The summed E-state index contributed by atoms with van der Waals surface area (Å²) in [6, 6.07) is 4.91. The number of hydrogen-bond donors (Lipinski definition) is 2. The van der Waals surface area contributed by atoms with E-state index in [4.69, 9.17) is 5.11 Å². The van der Waals surface area contributed by atoms with Gasteiger partial charge >= 0.3 is 0 Å². The van der Waals surface area contributed by atoms with Gasteiger partial charge < -0.3 is 10.4 Å². The number of hydrogen-bond acceptors (Lipinski definition) is 2. The van der Waals surface area contributed by atoms with E-state index in [9.17, 15) is 4.39 Å². The number of anilines is 1. The molecule has 4 heteroatoms. The molecule has 0 aromatic heterocycles. The Morgan fingerprint density at radius 2 is 2.14 bits per heavy atom. The van der Waals surface area contributed by atoms with E-state index < -0.39 is 0 Å². The van der Waals surface area contributed by atoms with E-state index in [-0.39, 0.29) is 12.4 Å². The Hall–Kier alpha value is -0.610. The summed E-state index contributed by atoms with van der Waals surface area (Å²) in [4.78, 5) is 0. The molecule has 0 radical (unpaired) electrons. The Balaban J connectivity index is 2.42. The van der Waals surface area contributed by atoms with Crippen molar-refractivity contribution in [2.24, 2.45) is 0 Å². The third-order valence-corrected chi connectivity index (χ3v) is 2.32. The first-order chi connectivity index (χ1) is 6.74. The van der Waals surface area contributed by atoms with Gasteiger partial charge in [0, 0.05) is 17.6 Å². The van der Waals surface area contributed by atoms with E-state index in [0.717, 1.165) is 17.3 Å². The van der Waals surface area contributed by atoms with Gasteiger partial charge in [-0.3, -0.25) is 0 Å². The summed E-state index contributed by atoms with van der Waals surface area (Å²) in [5.41, 5.74) is 0.506. The number of benzene rings is 1. The van der Waals surface area contributed by atoms with Crippen LogP contribution >= 0.6 is 15.9 Å². The molecule has 0 spiro atoms. The zero-order chi connectivity index (χ0) is 10.4. The predicted molar refractivity (Wildman–Crippen MR) is 58.9 cm³/mol. The molecule has 0 saturated heterocycles. The second-order valence-electron chi connectivity index (χ2n) is 2.98. The summed E-state index contributed by atoms with van der Waals surface area (Å²) < 4.78 is 14.0. The number of unbranched alkanes of at least 4 members (excludes halogenated alkanes) is 1. The summed E-state index contributed by atoms with van der Waals surface area (Å²) in [6.07, 6.45) is 1.58. The van der Waals surface area contributed by atoms with Crippen LogP contribution in [0.15, 0.2) is 22.7 Å². The fourth-order valence-electron chi connectivity index (χ4n) is 1.09. The Bertz CT molecular complexity index is 293. The van der Waals surface area contributed by atoms with Crippen molar-refractivity contribution in [2.45, 2.75) is 12.8 Å². The van der Waals surface area contributed by atoms with Gasteiger partial charge in [0.05, 0.1) is 5.69 Å². The first-order valence-electron chi connectivity index (χ1n) is 4.54. The molecule has 2 N–H and O–H groups in total. The Morgan fingerprint density at radius 1 is 1.36 bits per heavy atom. The van der Waals surface area contributed by atoms with Gasteiger partial charge in [-0.2, -0.15) is 0 Å². The lowest BCUT2D eigenvalue weighted by Crippen LogP contribution is -2.03. The molecule has 0 aliphatic rings. The molecule has 0 saturated carbocycles. The highest BCUT2D eigenvalue weighted by atomic mass is 79.9. The first kappa shape index (κ1) is 11.5. The number of halogens is 2. The minimum Gasteiger partial charge on any atom is -0.396 e. The monoisotopic (exact) mass is 261 g/mol. The maximum Gasteiger partial charge on any atom is 0.147 e. The smallest absolute Gasteiger partial charge is 0.147 e. The maximum absolute atomic E-state index is 13.2. The lowest BCUT2D eigenvalue weighted by Gasteiger charge is -2.06. The molecule has 2 nitrogen and oxygen atoms in total. The van der Waals surface area contributed by atoms with E-state index >= 15 is 0 Å². The molecule has 0 amide bonds. The maximum atomic E-state index is 13.2. The van der Waals surface area contributed by atoms with Crippen molar-refractivity contribution in [2.75, 3.05) is 18.5 Å². The molecule has 1 aromatic carbocycles. The van der Waals surface area contributed by atoms with Crippen LogP contribution in [0, 0.1) is 5.82 Å². The van der Waals surface area contributed by atoms with Gasteiger partial charge in [-0.25, -0.2) is 4.39 Å². The average Bonchev–Trinajstić information content (AvgIpc) is 2.15. The van der Waals surface area contributed by atoms with Crippen molar-refractivity contribution < 1.29 is 9.50 Å². The third-order valence-electron chi connectivity index (χ3n) is 1.83. The molecule has 0 aliphatic heterocycles. The standard InChI is InChI=1S/C10H13BrFNO/c11-8-3-4-10(9(12)7-8)13-5-1-2-6-14/h3-4,7,13-14H,1-2,5-6H2. The molecule has 0 bridgehead atoms. The van der Waals surface area contributed by atoms with Gasteiger partial charge in [-0.1, -0.05) is 15.9 Å². The number of rotatable bonds is 5. The van der Waals surface area contributed by atoms with E-state index in [2.05, 4.69) is 21.2 Å². The molecular formula is C10H13BrFNO. The van der Waals surface area contributed by atoms with E-state index in [0.29, 0.717) is 12.2 Å². The van der Waals surface area contributed by atoms with E-state index in [1.54, 1.807) is 12.1 Å². The highest BCUT2D eigenvalue weighted by Crippen LogP contribution is 2.19. The van der Waals surface area contributed by atoms with Crippen LogP contribution in [0.4, 0.5) is 10.1 Å². The quantitative estimate of drug-likeness (QED) is 0.800. The second kappa shape index (κ2) is 5.98. The minimum absolute atomic E-state index is 0.185. The third kappa shape index (κ3) is 3.64. The summed E-state index contributed by atoms with van der Waals surface area (Å²) in [6.45, 7) is 0.865. The molecular weight excluding hydrogens is 249 g/mol. The van der Waals surface area contributed by atoms with E-state index in [1.165, 1.54) is 6.07 Å². The molecule has 78 valence electrons. The number of aliphatic hydroxyl groups excluding tert-OH is 1. The lowest BCUT2D eigenvalue weighted by molar-refractivity contribution is 0.286. The van der Waals surface area contributed by atoms with Crippen LogP contribution in [0.25, 0.3) is 0 Å². The van der Waals surface area contributed by atoms with Crippen molar-refractivity contribution in [1.82, 2.24) is 0 Å². The van der Waals surface area contributed by atoms with Gasteiger partial charge in [0.1, 0.15) is 5.82 Å². The molecule has 14 heavy (non-hydrogen) atoms. The summed E-state index contributed by atoms with van der Waals surface area (Å²) in [7, 11) is 0. The zero-order valence-corrected chi connectivity index (χ0v) is 9.35. The van der Waals surface area contributed by atoms with Crippen LogP contribution in [0.5, 0.6) is 0 Å². The first-order valence-corrected chi connectivity index (χ1v) is 5.33. The minimum atomic E-state index is -0.261. The van der Waals surface area contributed by atoms with Crippen LogP contribution in [0.2, 0.25) is 0 Å². The average molecular weight is 262 g/mol. The summed E-state index contributed by atoms with van der Waals surface area (Å²) in [5.74, 6) is -0.261. The normalized spacial score (nSPS) is 10.2. The molecule has 0 unspecified atom stereocenters. The Kier molecular flexibility index (Phi) is 4.90. The van der Waals surface area contributed by atoms with Crippen molar-refractivity contribution >= 4 is 21.6 Å².